The lowest BCUT2D eigenvalue weighted by Gasteiger charge is -2.12. The van der Waals surface area contributed by atoms with Crippen LogP contribution in [0.1, 0.15) is 29.4 Å². The van der Waals surface area contributed by atoms with Crippen LogP contribution in [0.3, 0.4) is 0 Å². The van der Waals surface area contributed by atoms with Crippen LogP contribution in [0, 0.1) is 25.5 Å². The number of nitrogens with zero attached hydrogens (tertiary/aromatic N) is 4. The zero-order chi connectivity index (χ0) is 18.8. The lowest BCUT2D eigenvalue weighted by Crippen LogP contribution is -2.21. The number of nitrogens with one attached hydrogen (secondary N) is 1. The monoisotopic (exact) mass is 369 g/mol. The van der Waals surface area contributed by atoms with E-state index in [1.165, 1.54) is 5.56 Å². The molecule has 2 heterocycles. The van der Waals surface area contributed by atoms with Crippen molar-refractivity contribution in [3.8, 4) is 0 Å². The summed E-state index contributed by atoms with van der Waals surface area (Å²) in [7, 11) is 0. The zero-order valence-corrected chi connectivity index (χ0v) is 16.3. The molecule has 0 bridgehead atoms. The maximum atomic E-state index is 12.6. The van der Waals surface area contributed by atoms with Gasteiger partial charge in [-0.15, -0.1) is 0 Å². The van der Waals surface area contributed by atoms with Gasteiger partial charge < -0.3 is 5.32 Å². The molecular formula is C19H23N5OS. The van der Waals surface area contributed by atoms with E-state index in [0.717, 1.165) is 22.6 Å². The number of carbonyl (C=O) groups excluding carboxylic acids is 1. The van der Waals surface area contributed by atoms with Crippen molar-refractivity contribution in [2.24, 2.45) is 0 Å². The Morgan fingerprint density at radius 3 is 2.35 bits per heavy atom. The van der Waals surface area contributed by atoms with Crippen LogP contribution in [-0.2, 0) is 17.8 Å². The van der Waals surface area contributed by atoms with Crippen molar-refractivity contribution >= 4 is 23.8 Å². The molecule has 3 rings (SSSR count). The second-order valence-electron chi connectivity index (χ2n) is 6.41. The van der Waals surface area contributed by atoms with Gasteiger partial charge in [-0.05, 0) is 56.2 Å². The van der Waals surface area contributed by atoms with E-state index < -0.39 is 0 Å². The number of hydrogen-bond donors (Lipinski definition) is 1. The summed E-state index contributed by atoms with van der Waals surface area (Å²) in [5.41, 5.74) is 4.13. The number of rotatable bonds is 5. The van der Waals surface area contributed by atoms with Crippen LogP contribution in [0.15, 0.2) is 36.7 Å². The van der Waals surface area contributed by atoms with Gasteiger partial charge in [0.2, 0.25) is 10.7 Å². The van der Waals surface area contributed by atoms with Crippen molar-refractivity contribution in [2.75, 3.05) is 5.32 Å². The van der Waals surface area contributed by atoms with Crippen LogP contribution >= 0.6 is 12.2 Å². The molecule has 0 aliphatic rings. The fourth-order valence-electron chi connectivity index (χ4n) is 3.15. The van der Waals surface area contributed by atoms with Crippen molar-refractivity contribution in [2.45, 2.75) is 40.7 Å². The summed E-state index contributed by atoms with van der Waals surface area (Å²) in [4.78, 5) is 12.6. The topological polar surface area (TPSA) is 56.8 Å². The van der Waals surface area contributed by atoms with Gasteiger partial charge in [-0.2, -0.15) is 5.10 Å². The molecule has 1 N–H and O–H groups in total. The van der Waals surface area contributed by atoms with Gasteiger partial charge in [0.15, 0.2) is 5.82 Å². The van der Waals surface area contributed by atoms with Gasteiger partial charge >= 0.3 is 0 Å². The molecular weight excluding hydrogens is 346 g/mol. The van der Waals surface area contributed by atoms with E-state index >= 15 is 0 Å². The minimum absolute atomic E-state index is 0.0762. The first-order valence-electron chi connectivity index (χ1n) is 8.60. The molecule has 7 heteroatoms. The average molecular weight is 369 g/mol. The smallest absolute Gasteiger partial charge is 0.246 e. The molecule has 6 nitrogen and oxygen atoms in total. The molecule has 0 spiro atoms. The van der Waals surface area contributed by atoms with E-state index in [1.54, 1.807) is 4.68 Å². The Morgan fingerprint density at radius 2 is 1.77 bits per heavy atom. The van der Waals surface area contributed by atoms with E-state index in [0.29, 0.717) is 11.2 Å². The molecule has 0 radical (unpaired) electrons. The van der Waals surface area contributed by atoms with E-state index in [-0.39, 0.29) is 12.5 Å². The number of aryl methyl sites for hydroxylation is 4. The van der Waals surface area contributed by atoms with Crippen molar-refractivity contribution in [1.82, 2.24) is 19.1 Å². The van der Waals surface area contributed by atoms with Crippen LogP contribution in [-0.4, -0.2) is 25.0 Å². The van der Waals surface area contributed by atoms with Crippen molar-refractivity contribution in [3.05, 3.63) is 63.9 Å². The Morgan fingerprint density at radius 1 is 1.15 bits per heavy atom. The third kappa shape index (κ3) is 3.48. The molecule has 0 unspecified atom stereocenters. The first kappa shape index (κ1) is 18.1. The fourth-order valence-corrected chi connectivity index (χ4v) is 3.46. The van der Waals surface area contributed by atoms with Gasteiger partial charge in [0.25, 0.3) is 0 Å². The highest BCUT2D eigenvalue weighted by Gasteiger charge is 2.14. The largest absolute Gasteiger partial charge is 0.324 e. The Hall–Kier alpha value is -2.67. The van der Waals surface area contributed by atoms with Crippen LogP contribution in [0.4, 0.5) is 5.69 Å². The lowest BCUT2D eigenvalue weighted by molar-refractivity contribution is -0.116. The van der Waals surface area contributed by atoms with Crippen LogP contribution in [0.5, 0.6) is 0 Å². The summed E-state index contributed by atoms with van der Waals surface area (Å²) in [5, 5.41) is 7.52. The number of amides is 1. The van der Waals surface area contributed by atoms with E-state index in [4.69, 9.17) is 12.2 Å². The number of carbonyl (C=O) groups is 1. The quantitative estimate of drug-likeness (QED) is 0.699. The third-order valence-electron chi connectivity index (χ3n) is 4.25. The molecule has 1 amide bonds. The van der Waals surface area contributed by atoms with Crippen molar-refractivity contribution < 1.29 is 4.79 Å². The van der Waals surface area contributed by atoms with E-state index in [9.17, 15) is 4.79 Å². The van der Waals surface area contributed by atoms with Gasteiger partial charge in [0.05, 0.1) is 0 Å². The lowest BCUT2D eigenvalue weighted by atomic mass is 10.1. The Bertz CT molecular complexity index is 975. The molecule has 0 aliphatic heterocycles. The molecule has 26 heavy (non-hydrogen) atoms. The summed E-state index contributed by atoms with van der Waals surface area (Å²) < 4.78 is 5.77. The molecule has 1 aromatic carbocycles. The Labute approximate surface area is 158 Å². The second kappa shape index (κ2) is 7.29. The summed E-state index contributed by atoms with van der Waals surface area (Å²) in [6, 6.07) is 7.97. The third-order valence-corrected chi connectivity index (χ3v) is 4.64. The maximum absolute atomic E-state index is 12.6. The van der Waals surface area contributed by atoms with Gasteiger partial charge in [-0.1, -0.05) is 24.6 Å². The molecule has 0 saturated heterocycles. The minimum atomic E-state index is -0.143. The zero-order valence-electron chi connectivity index (χ0n) is 15.5. The van der Waals surface area contributed by atoms with Crippen LogP contribution in [0.2, 0.25) is 0 Å². The summed E-state index contributed by atoms with van der Waals surface area (Å²) in [6.07, 6.45) is 4.52. The normalized spacial score (nSPS) is 10.9. The predicted molar refractivity (Wildman–Crippen MR) is 105 cm³/mol. The molecule has 136 valence electrons. The number of anilines is 1. The summed E-state index contributed by atoms with van der Waals surface area (Å²) in [5.74, 6) is 0.664. The molecule has 3 aromatic rings. The van der Waals surface area contributed by atoms with Crippen LogP contribution < -0.4 is 5.32 Å². The summed E-state index contributed by atoms with van der Waals surface area (Å²) >= 11 is 5.54. The average Bonchev–Trinajstić information content (AvgIpc) is 3.19. The van der Waals surface area contributed by atoms with E-state index in [1.807, 2.05) is 61.6 Å². The van der Waals surface area contributed by atoms with E-state index in [2.05, 4.69) is 22.5 Å². The SMILES string of the molecule is CCc1nn(CC(=O)Nc2c(C)cc(C)cc2C)c(=S)n1-n1cccc1. The minimum Gasteiger partial charge on any atom is -0.324 e. The van der Waals surface area contributed by atoms with Crippen molar-refractivity contribution in [1.29, 1.82) is 0 Å². The highest BCUT2D eigenvalue weighted by Crippen LogP contribution is 2.21. The second-order valence-corrected chi connectivity index (χ2v) is 6.77. The van der Waals surface area contributed by atoms with Crippen molar-refractivity contribution in [3.63, 3.8) is 0 Å². The highest BCUT2D eigenvalue weighted by molar-refractivity contribution is 7.71. The molecule has 0 fully saturated rings. The summed E-state index contributed by atoms with van der Waals surface area (Å²) in [6.45, 7) is 8.13. The fraction of sp³-hybridized carbons (Fsp3) is 0.316. The first-order valence-corrected chi connectivity index (χ1v) is 9.01. The van der Waals surface area contributed by atoms with Crippen LogP contribution in [0.25, 0.3) is 0 Å². The van der Waals surface area contributed by atoms with Gasteiger partial charge in [0, 0.05) is 24.5 Å². The molecule has 2 aromatic heterocycles. The molecule has 0 atom stereocenters. The molecule has 0 saturated carbocycles. The van der Waals surface area contributed by atoms with Gasteiger partial charge in [-0.3, -0.25) is 9.47 Å². The Kier molecular flexibility index (Phi) is 5.08. The number of benzene rings is 1. The number of aromatic nitrogens is 4. The maximum Gasteiger partial charge on any atom is 0.246 e. The van der Waals surface area contributed by atoms with Gasteiger partial charge in [-0.25, -0.2) is 9.36 Å². The molecule has 0 aliphatic carbocycles. The standard InChI is InChI=1S/C19H23N5OS/c1-5-16-21-23(19(26)24(16)22-8-6-7-9-22)12-17(25)20-18-14(3)10-13(2)11-15(18)4/h6-11H,5,12H2,1-4H3,(H,20,25). The highest BCUT2D eigenvalue weighted by atomic mass is 32.1. The first-order chi connectivity index (χ1) is 12.4. The van der Waals surface area contributed by atoms with Gasteiger partial charge in [0.1, 0.15) is 6.54 Å². The number of hydrogen-bond acceptors (Lipinski definition) is 3. The Balaban J connectivity index is 1.86. The predicted octanol–water partition coefficient (Wildman–Crippen LogP) is 3.65.